The van der Waals surface area contributed by atoms with Crippen molar-refractivity contribution in [2.45, 2.75) is 127 Å². The lowest BCUT2D eigenvalue weighted by Gasteiger charge is -2.60. The van der Waals surface area contributed by atoms with Crippen molar-refractivity contribution >= 4 is 11.7 Å². The van der Waals surface area contributed by atoms with Gasteiger partial charge in [0.2, 0.25) is 5.91 Å². The summed E-state index contributed by atoms with van der Waals surface area (Å²) in [6.07, 6.45) is 14.7. The van der Waals surface area contributed by atoms with Crippen LogP contribution in [0.5, 0.6) is 11.5 Å². The average Bonchev–Trinajstić information content (AvgIpc) is 3.39. The normalized spacial score (nSPS) is 26.2. The highest BCUT2D eigenvalue weighted by Gasteiger charge is 2.66. The molecule has 1 spiro atoms. The zero-order valence-corrected chi connectivity index (χ0v) is 27.9. The molecule has 6 nitrogen and oxygen atoms in total. The molecule has 2 fully saturated rings. The van der Waals surface area contributed by atoms with E-state index in [-0.39, 0.29) is 23.3 Å². The molecule has 4 aliphatic rings. The number of piperidine rings is 1. The number of unbranched alkanes of at least 4 members (excludes halogenated alkanes) is 6. The summed E-state index contributed by atoms with van der Waals surface area (Å²) in [7, 11) is 1.74. The summed E-state index contributed by atoms with van der Waals surface area (Å²) in [5.41, 5.74) is 4.00. The number of benzene rings is 2. The lowest BCUT2D eigenvalue weighted by Crippen LogP contribution is -2.69. The molecule has 1 saturated heterocycles. The van der Waals surface area contributed by atoms with E-state index in [2.05, 4.69) is 59.2 Å². The number of methoxy groups -OCH3 is 1. The number of hydrogen-bond donors (Lipinski definition) is 0. The molecule has 0 N–H and O–H groups in total. The number of ketones is 1. The number of rotatable bonds is 16. The van der Waals surface area contributed by atoms with Gasteiger partial charge in [0.05, 0.1) is 19.7 Å². The molecule has 6 heteroatoms. The lowest BCUT2D eigenvalue weighted by atomic mass is 9.51. The first-order valence-electron chi connectivity index (χ1n) is 17.9. The van der Waals surface area contributed by atoms with Crippen LogP contribution in [-0.2, 0) is 27.8 Å². The Labute approximate surface area is 270 Å². The molecule has 0 unspecified atom stereocenters. The number of nitrogens with zero attached hydrogens (tertiary/aromatic N) is 2. The zero-order chi connectivity index (χ0) is 31.4. The van der Waals surface area contributed by atoms with E-state index in [1.165, 1.54) is 36.0 Å². The predicted octanol–water partition coefficient (Wildman–Crippen LogP) is 7.29. The van der Waals surface area contributed by atoms with E-state index in [0.717, 1.165) is 88.8 Å². The summed E-state index contributed by atoms with van der Waals surface area (Å²) < 4.78 is 12.9. The second-order valence-electron chi connectivity index (χ2n) is 14.2. The van der Waals surface area contributed by atoms with Crippen LogP contribution in [-0.4, -0.2) is 66.4 Å². The topological polar surface area (TPSA) is 59.1 Å². The third-order valence-electron chi connectivity index (χ3n) is 11.5. The van der Waals surface area contributed by atoms with Crippen LogP contribution < -0.4 is 9.47 Å². The average molecular weight is 615 g/mol. The summed E-state index contributed by atoms with van der Waals surface area (Å²) in [5, 5.41) is 0. The number of amides is 1. The van der Waals surface area contributed by atoms with Gasteiger partial charge in [0.1, 0.15) is 11.9 Å². The number of carbonyl (C=O) groups excluding carboxylic acids is 2. The Bertz CT molecular complexity index is 1330. The first kappa shape index (κ1) is 32.1. The first-order chi connectivity index (χ1) is 22.0. The van der Waals surface area contributed by atoms with Crippen LogP contribution in [0.2, 0.25) is 0 Å². The standard InChI is InChI=1S/C39H54N2O4/c1-4-5-14-24-41(35(43)18-13-8-6-7-10-15-29-16-11-9-12-17-29)32-21-20-31-33-26-30-19-22-34(44-3)37-36(30)39(31,38(32)45-37)23-25-40(33)27-28(2)42/h9,11-12,16-17,19,22,31-33,38H,4-8,10,13-15,18,20-21,23-27H2,1-3H3/t31-,32-,33+,38-,39-/m0/s1. The van der Waals surface area contributed by atoms with Crippen molar-refractivity contribution in [1.29, 1.82) is 0 Å². The molecule has 2 heterocycles. The van der Waals surface area contributed by atoms with Gasteiger partial charge in [-0.25, -0.2) is 0 Å². The van der Waals surface area contributed by atoms with Gasteiger partial charge in [0.25, 0.3) is 0 Å². The number of ether oxygens (including phenoxy) is 2. The molecule has 2 aliphatic carbocycles. The zero-order valence-electron chi connectivity index (χ0n) is 27.9. The molecule has 2 aromatic carbocycles. The molecule has 5 atom stereocenters. The summed E-state index contributed by atoms with van der Waals surface area (Å²) in [6, 6.07) is 15.4. The van der Waals surface area contributed by atoms with Crippen LogP contribution in [0.1, 0.15) is 108 Å². The molecule has 2 aromatic rings. The second-order valence-corrected chi connectivity index (χ2v) is 14.2. The molecule has 244 valence electrons. The molecule has 1 saturated carbocycles. The van der Waals surface area contributed by atoms with Crippen LogP contribution in [0.15, 0.2) is 42.5 Å². The van der Waals surface area contributed by atoms with Crippen molar-refractivity contribution < 1.29 is 19.1 Å². The maximum atomic E-state index is 14.1. The molecule has 2 aliphatic heterocycles. The van der Waals surface area contributed by atoms with Crippen LogP contribution in [0.4, 0.5) is 0 Å². The Hall–Kier alpha value is -2.86. The number of aryl methyl sites for hydroxylation is 1. The van der Waals surface area contributed by atoms with E-state index in [9.17, 15) is 9.59 Å². The monoisotopic (exact) mass is 614 g/mol. The minimum atomic E-state index is -0.125. The summed E-state index contributed by atoms with van der Waals surface area (Å²) >= 11 is 0. The fraction of sp³-hybridized carbons (Fsp3) is 0.641. The fourth-order valence-electron chi connectivity index (χ4n) is 9.48. The first-order valence-corrected chi connectivity index (χ1v) is 17.9. The Kier molecular flexibility index (Phi) is 10.2. The highest BCUT2D eigenvalue weighted by molar-refractivity contribution is 5.78. The number of hydrogen-bond acceptors (Lipinski definition) is 5. The summed E-state index contributed by atoms with van der Waals surface area (Å²) in [6.45, 7) is 6.19. The molecular formula is C39H54N2O4. The number of likely N-dealkylation sites (tertiary alicyclic amines) is 1. The summed E-state index contributed by atoms with van der Waals surface area (Å²) in [5.74, 6) is 2.71. The van der Waals surface area contributed by atoms with Gasteiger partial charge < -0.3 is 14.4 Å². The Balaban J connectivity index is 1.17. The van der Waals surface area contributed by atoms with E-state index in [1.54, 1.807) is 14.0 Å². The van der Waals surface area contributed by atoms with Crippen molar-refractivity contribution in [2.75, 3.05) is 26.7 Å². The Morgan fingerprint density at radius 2 is 1.80 bits per heavy atom. The van der Waals surface area contributed by atoms with Gasteiger partial charge in [-0.3, -0.25) is 14.5 Å². The van der Waals surface area contributed by atoms with Crippen LogP contribution >= 0.6 is 0 Å². The van der Waals surface area contributed by atoms with E-state index >= 15 is 0 Å². The van der Waals surface area contributed by atoms with Gasteiger partial charge >= 0.3 is 0 Å². The predicted molar refractivity (Wildman–Crippen MR) is 179 cm³/mol. The van der Waals surface area contributed by atoms with Gasteiger partial charge in [0, 0.05) is 30.0 Å². The van der Waals surface area contributed by atoms with E-state index < -0.39 is 0 Å². The molecular weight excluding hydrogens is 560 g/mol. The molecule has 0 radical (unpaired) electrons. The molecule has 6 rings (SSSR count). The van der Waals surface area contributed by atoms with Crippen molar-refractivity contribution in [3.63, 3.8) is 0 Å². The molecule has 0 aromatic heterocycles. The molecule has 1 amide bonds. The Morgan fingerprint density at radius 3 is 2.58 bits per heavy atom. The highest BCUT2D eigenvalue weighted by Crippen LogP contribution is 2.64. The van der Waals surface area contributed by atoms with Crippen LogP contribution in [0, 0.1) is 5.92 Å². The third kappa shape index (κ3) is 6.28. The van der Waals surface area contributed by atoms with Crippen molar-refractivity contribution in [2.24, 2.45) is 5.92 Å². The van der Waals surface area contributed by atoms with Gasteiger partial charge in [-0.1, -0.05) is 75.4 Å². The SMILES string of the molecule is CCCCCN(C(=O)CCCCCCCc1ccccc1)[C@H]1CC[C@H]2[C@H]3Cc4ccc(OC)c5c4[C@@]2(CCN3CC(C)=O)[C@H]1O5. The molecule has 45 heavy (non-hydrogen) atoms. The van der Waals surface area contributed by atoms with Crippen molar-refractivity contribution in [3.8, 4) is 11.5 Å². The van der Waals surface area contributed by atoms with Gasteiger partial charge in [-0.05, 0) is 87.9 Å². The third-order valence-corrected chi connectivity index (χ3v) is 11.5. The fourth-order valence-corrected chi connectivity index (χ4v) is 9.48. The van der Waals surface area contributed by atoms with Gasteiger partial charge in [0.15, 0.2) is 11.5 Å². The second kappa shape index (κ2) is 14.3. The lowest BCUT2D eigenvalue weighted by molar-refractivity contribution is -0.143. The van der Waals surface area contributed by atoms with Crippen LogP contribution in [0.25, 0.3) is 0 Å². The quantitative estimate of drug-likeness (QED) is 0.186. The summed E-state index contributed by atoms with van der Waals surface area (Å²) in [4.78, 5) is 31.1. The largest absolute Gasteiger partial charge is 0.493 e. The number of Topliss-reactive ketones (excluding diaryl/α,β-unsaturated/α-hetero) is 1. The van der Waals surface area contributed by atoms with Gasteiger partial charge in [-0.2, -0.15) is 0 Å². The minimum absolute atomic E-state index is 0.0628. The maximum absolute atomic E-state index is 14.1. The van der Waals surface area contributed by atoms with Crippen LogP contribution in [0.3, 0.4) is 0 Å². The van der Waals surface area contributed by atoms with Crippen molar-refractivity contribution in [1.82, 2.24) is 9.80 Å². The Morgan fingerprint density at radius 1 is 1.00 bits per heavy atom. The van der Waals surface area contributed by atoms with E-state index in [4.69, 9.17) is 9.47 Å². The highest BCUT2D eigenvalue weighted by atomic mass is 16.5. The van der Waals surface area contributed by atoms with E-state index in [1.807, 2.05) is 0 Å². The smallest absolute Gasteiger partial charge is 0.222 e. The number of carbonyl (C=O) groups is 2. The van der Waals surface area contributed by atoms with E-state index in [0.29, 0.717) is 30.8 Å². The molecule has 2 bridgehead atoms. The van der Waals surface area contributed by atoms with Crippen molar-refractivity contribution in [3.05, 3.63) is 59.2 Å². The minimum Gasteiger partial charge on any atom is -0.493 e. The maximum Gasteiger partial charge on any atom is 0.222 e. The van der Waals surface area contributed by atoms with Gasteiger partial charge in [-0.15, -0.1) is 0 Å².